The van der Waals surface area contributed by atoms with Crippen LogP contribution in [0.4, 0.5) is 0 Å². The predicted octanol–water partition coefficient (Wildman–Crippen LogP) is 3.66. The van der Waals surface area contributed by atoms with Gasteiger partial charge in [-0.3, -0.25) is 0 Å². The van der Waals surface area contributed by atoms with Crippen LogP contribution in [0.3, 0.4) is 0 Å². The Morgan fingerprint density at radius 3 is 1.36 bits per heavy atom. The maximum atomic E-state index is 10.4. The highest BCUT2D eigenvalue weighted by Gasteiger charge is 2.52. The fraction of sp³-hybridized carbons (Fsp3) is 0.714. The molecule has 6 N–H and O–H groups in total. The average molecular weight is 505 g/mol. The van der Waals surface area contributed by atoms with Crippen molar-refractivity contribution in [2.75, 3.05) is 0 Å². The number of carboxylic acids is 2. The molecule has 6 fully saturated rings. The van der Waals surface area contributed by atoms with Gasteiger partial charge in [0.15, 0.2) is 0 Å². The van der Waals surface area contributed by atoms with Crippen LogP contribution in [0.2, 0.25) is 0 Å². The van der Waals surface area contributed by atoms with E-state index in [9.17, 15) is 19.8 Å². The average Bonchev–Trinajstić information content (AvgIpc) is 2.71. The van der Waals surface area contributed by atoms with Crippen molar-refractivity contribution in [3.8, 4) is 0 Å². The summed E-state index contributed by atoms with van der Waals surface area (Å²) in [5.74, 6) is -1.34. The Morgan fingerprint density at radius 1 is 0.750 bits per heavy atom. The molecular formula is C28H44N2O6. The lowest BCUT2D eigenvalue weighted by Gasteiger charge is -2.57. The van der Waals surface area contributed by atoms with Crippen LogP contribution in [0.1, 0.15) is 101 Å². The van der Waals surface area contributed by atoms with Gasteiger partial charge in [0.05, 0.1) is 23.3 Å². The van der Waals surface area contributed by atoms with E-state index in [1.54, 1.807) is 0 Å². The first-order valence-electron chi connectivity index (χ1n) is 13.0. The van der Waals surface area contributed by atoms with Crippen molar-refractivity contribution in [1.82, 2.24) is 10.6 Å². The minimum atomic E-state index is -1.13. The van der Waals surface area contributed by atoms with Gasteiger partial charge in [-0.25, -0.2) is 9.59 Å². The fourth-order valence-electron chi connectivity index (χ4n) is 7.18. The van der Waals surface area contributed by atoms with Crippen LogP contribution in [0, 0.1) is 11.8 Å². The lowest BCUT2D eigenvalue weighted by Crippen LogP contribution is -2.69. The molecule has 4 aliphatic heterocycles. The minimum absolute atomic E-state index is 0.0186. The quantitative estimate of drug-likeness (QED) is 0.359. The first kappa shape index (κ1) is 28.6. The summed E-state index contributed by atoms with van der Waals surface area (Å²) in [4.78, 5) is 20.8. The van der Waals surface area contributed by atoms with Crippen LogP contribution in [0.25, 0.3) is 0 Å². The van der Waals surface area contributed by atoms with Crippen molar-refractivity contribution in [3.05, 3.63) is 35.4 Å². The van der Waals surface area contributed by atoms with E-state index in [1.807, 2.05) is 0 Å². The predicted molar refractivity (Wildman–Crippen MR) is 138 cm³/mol. The first-order valence-corrected chi connectivity index (χ1v) is 13.0. The smallest absolute Gasteiger partial charge is 0.335 e. The minimum Gasteiger partial charge on any atom is -0.478 e. The maximum Gasteiger partial charge on any atom is 0.335 e. The molecule has 0 radical (unpaired) electrons. The lowest BCUT2D eigenvalue weighted by molar-refractivity contribution is -0.0718. The number of hydrogen-bond acceptors (Lipinski definition) is 6. The Morgan fingerprint density at radius 2 is 1.11 bits per heavy atom. The third-order valence-corrected chi connectivity index (χ3v) is 8.72. The number of rotatable bonds is 2. The van der Waals surface area contributed by atoms with Gasteiger partial charge in [0, 0.05) is 34.0 Å². The topological polar surface area (TPSA) is 139 Å². The zero-order valence-corrected chi connectivity index (χ0v) is 22.5. The number of nitrogens with one attached hydrogen (secondary N) is 2. The zero-order valence-electron chi connectivity index (χ0n) is 22.5. The molecule has 202 valence electrons. The molecule has 7 rings (SSSR count). The van der Waals surface area contributed by atoms with E-state index in [2.05, 4.69) is 52.2 Å². The molecule has 2 saturated carbocycles. The molecule has 1 aromatic carbocycles. The molecule has 8 heteroatoms. The van der Waals surface area contributed by atoms with Gasteiger partial charge in [0.1, 0.15) is 0 Å². The van der Waals surface area contributed by atoms with Gasteiger partial charge in [-0.1, -0.05) is 6.07 Å². The van der Waals surface area contributed by atoms with Crippen molar-refractivity contribution < 1.29 is 30.0 Å². The molecule has 8 nitrogen and oxygen atoms in total. The van der Waals surface area contributed by atoms with Gasteiger partial charge >= 0.3 is 11.9 Å². The second-order valence-corrected chi connectivity index (χ2v) is 12.8. The summed E-state index contributed by atoms with van der Waals surface area (Å²) in [6.45, 7) is 13.3. The number of carboxylic acid groups (broad SMARTS) is 2. The monoisotopic (exact) mass is 504 g/mol. The Balaban J connectivity index is 0.000000150. The summed E-state index contributed by atoms with van der Waals surface area (Å²) >= 11 is 0. The van der Waals surface area contributed by atoms with Crippen molar-refractivity contribution >= 4 is 11.9 Å². The molecule has 0 spiro atoms. The van der Waals surface area contributed by atoms with Crippen LogP contribution in [-0.2, 0) is 0 Å². The molecule has 36 heavy (non-hydrogen) atoms. The molecule has 6 atom stereocenters. The van der Waals surface area contributed by atoms with Gasteiger partial charge < -0.3 is 31.1 Å². The molecule has 4 heterocycles. The Bertz CT molecular complexity index is 900. The molecule has 6 unspecified atom stereocenters. The van der Waals surface area contributed by atoms with Crippen LogP contribution in [-0.4, -0.2) is 66.7 Å². The Labute approximate surface area is 214 Å². The van der Waals surface area contributed by atoms with Gasteiger partial charge in [0.2, 0.25) is 0 Å². The van der Waals surface area contributed by atoms with E-state index >= 15 is 0 Å². The van der Waals surface area contributed by atoms with E-state index in [0.717, 1.165) is 18.9 Å². The normalized spacial score (nSPS) is 37.1. The van der Waals surface area contributed by atoms with Gasteiger partial charge in [0.25, 0.3) is 0 Å². The highest BCUT2D eigenvalue weighted by Crippen LogP contribution is 2.45. The molecular weight excluding hydrogens is 460 g/mol. The summed E-state index contributed by atoms with van der Waals surface area (Å²) in [7, 11) is 0. The van der Waals surface area contributed by atoms with Crippen LogP contribution < -0.4 is 10.6 Å². The van der Waals surface area contributed by atoms with E-state index in [1.165, 1.54) is 43.9 Å². The van der Waals surface area contributed by atoms with Crippen LogP contribution >= 0.6 is 0 Å². The molecule has 4 saturated heterocycles. The van der Waals surface area contributed by atoms with Crippen molar-refractivity contribution in [3.63, 3.8) is 0 Å². The molecule has 0 aromatic heterocycles. The number of hydrogen-bond donors (Lipinski definition) is 6. The summed E-state index contributed by atoms with van der Waals surface area (Å²) < 4.78 is 0. The van der Waals surface area contributed by atoms with Crippen LogP contribution in [0.15, 0.2) is 24.3 Å². The molecule has 1 aromatic rings. The zero-order chi connectivity index (χ0) is 27.1. The largest absolute Gasteiger partial charge is 0.478 e. The highest BCUT2D eigenvalue weighted by molar-refractivity contribution is 5.93. The number of carbonyl (C=O) groups is 2. The number of piperidine rings is 4. The molecule has 0 amide bonds. The molecule has 6 aliphatic rings. The van der Waals surface area contributed by atoms with E-state index in [0.29, 0.717) is 11.8 Å². The van der Waals surface area contributed by atoms with Crippen molar-refractivity contribution in [2.24, 2.45) is 11.8 Å². The summed E-state index contributed by atoms with van der Waals surface area (Å²) in [5.41, 5.74) is 0.606. The summed E-state index contributed by atoms with van der Waals surface area (Å²) in [5, 5.41) is 44.0. The Kier molecular flexibility index (Phi) is 7.97. The number of fused-ring (bicyclic) bond motifs is 6. The van der Waals surface area contributed by atoms with E-state index < -0.39 is 11.9 Å². The van der Waals surface area contributed by atoms with Crippen molar-refractivity contribution in [1.29, 1.82) is 0 Å². The number of benzene rings is 1. The van der Waals surface area contributed by atoms with E-state index in [4.69, 9.17) is 10.2 Å². The number of aliphatic hydroxyl groups excluding tert-OH is 2. The number of aromatic carboxylic acids is 2. The third-order valence-electron chi connectivity index (χ3n) is 8.72. The second kappa shape index (κ2) is 10.0. The SMILES string of the molecule is CC12CCC(C(O)C1)C(C)(C)N2.CC12CCC(C(O)C1)C(C)(C)N2.O=C(O)c1cccc(C(=O)O)c1. The lowest BCUT2D eigenvalue weighted by atomic mass is 9.63. The van der Waals surface area contributed by atoms with Gasteiger partial charge in [-0.15, -0.1) is 0 Å². The van der Waals surface area contributed by atoms with Crippen LogP contribution in [0.5, 0.6) is 0 Å². The summed E-state index contributed by atoms with van der Waals surface area (Å²) in [6, 6.07) is 5.20. The number of aliphatic hydroxyl groups is 2. The second-order valence-electron chi connectivity index (χ2n) is 12.8. The third kappa shape index (κ3) is 6.28. The highest BCUT2D eigenvalue weighted by atomic mass is 16.4. The fourth-order valence-corrected chi connectivity index (χ4v) is 7.18. The maximum absolute atomic E-state index is 10.4. The standard InChI is InChI=1S/2C10H19NO.C8H6O4/c2*1-9(2)7-4-5-10(3,11-9)6-8(7)12;9-7(10)5-2-1-3-6(4-5)8(11)12/h2*7-8,11-12H,4-6H2,1-3H3;1-4H,(H,9,10)(H,11,12). The van der Waals surface area contributed by atoms with E-state index in [-0.39, 0.29) is 45.5 Å². The van der Waals surface area contributed by atoms with Gasteiger partial charge in [-0.2, -0.15) is 0 Å². The summed E-state index contributed by atoms with van der Waals surface area (Å²) in [6.07, 6.45) is 6.49. The first-order chi connectivity index (χ1) is 16.5. The molecule has 4 bridgehead atoms. The van der Waals surface area contributed by atoms with Gasteiger partial charge in [-0.05, 0) is 98.3 Å². The molecule has 2 aliphatic carbocycles. The Hall–Kier alpha value is -2.00. The van der Waals surface area contributed by atoms with Crippen molar-refractivity contribution in [2.45, 2.75) is 114 Å².